The van der Waals surface area contributed by atoms with Crippen LogP contribution in [-0.4, -0.2) is 17.7 Å². The van der Waals surface area contributed by atoms with Crippen molar-refractivity contribution in [3.05, 3.63) is 12.1 Å². The van der Waals surface area contributed by atoms with Crippen molar-refractivity contribution >= 4 is 5.69 Å². The van der Waals surface area contributed by atoms with Gasteiger partial charge in [-0.1, -0.05) is 0 Å². The maximum absolute atomic E-state index is 5.83. The monoisotopic (exact) mass is 234 g/mol. The third-order valence-corrected chi connectivity index (χ3v) is 3.36. The number of pyridine rings is 1. The second-order valence-corrected chi connectivity index (χ2v) is 4.97. The van der Waals surface area contributed by atoms with Gasteiger partial charge in [0.2, 0.25) is 11.8 Å². The molecule has 0 aromatic carbocycles. The van der Waals surface area contributed by atoms with Gasteiger partial charge in [0.15, 0.2) is 0 Å². The molecule has 2 aliphatic carbocycles. The molecule has 2 aliphatic rings. The van der Waals surface area contributed by atoms with Crippen molar-refractivity contribution in [1.82, 2.24) is 4.98 Å². The molecule has 0 unspecified atom stereocenters. The zero-order chi connectivity index (χ0) is 11.7. The molecule has 1 aromatic rings. The predicted molar refractivity (Wildman–Crippen MR) is 65.1 cm³/mol. The molecule has 2 N–H and O–H groups in total. The molecule has 0 bridgehead atoms. The van der Waals surface area contributed by atoms with E-state index in [1.807, 2.05) is 12.1 Å². The first-order chi connectivity index (χ1) is 8.31. The van der Waals surface area contributed by atoms with Crippen LogP contribution in [0.25, 0.3) is 0 Å². The highest BCUT2D eigenvalue weighted by molar-refractivity contribution is 5.49. The van der Waals surface area contributed by atoms with Crippen LogP contribution in [0.5, 0.6) is 11.8 Å². The fourth-order valence-corrected chi connectivity index (χ4v) is 1.76. The van der Waals surface area contributed by atoms with Crippen LogP contribution >= 0.6 is 0 Å². The Morgan fingerprint density at radius 2 is 2.06 bits per heavy atom. The van der Waals surface area contributed by atoms with Gasteiger partial charge in [-0.05, 0) is 44.1 Å². The highest BCUT2D eigenvalue weighted by Gasteiger charge is 2.23. The second kappa shape index (κ2) is 4.43. The molecule has 1 aromatic heterocycles. The summed E-state index contributed by atoms with van der Waals surface area (Å²) in [5.74, 6) is 1.86. The van der Waals surface area contributed by atoms with E-state index in [9.17, 15) is 0 Å². The molecule has 0 saturated heterocycles. The van der Waals surface area contributed by atoms with Gasteiger partial charge < -0.3 is 15.2 Å². The first-order valence-corrected chi connectivity index (χ1v) is 6.37. The number of nitrogen functional groups attached to an aromatic ring is 1. The Hall–Kier alpha value is -1.45. The Kier molecular flexibility index (Phi) is 2.79. The number of rotatable bonds is 5. The van der Waals surface area contributed by atoms with Crippen molar-refractivity contribution in [3.8, 4) is 11.8 Å². The average Bonchev–Trinajstić information content (AvgIpc) is 3.07. The Morgan fingerprint density at radius 3 is 2.71 bits per heavy atom. The van der Waals surface area contributed by atoms with Crippen molar-refractivity contribution in [2.75, 3.05) is 12.3 Å². The minimum Gasteiger partial charge on any atom is -0.476 e. The molecule has 2 saturated carbocycles. The van der Waals surface area contributed by atoms with Gasteiger partial charge in [-0.25, -0.2) is 0 Å². The largest absolute Gasteiger partial charge is 0.476 e. The lowest BCUT2D eigenvalue weighted by molar-refractivity contribution is 0.113. The van der Waals surface area contributed by atoms with Crippen molar-refractivity contribution < 1.29 is 9.47 Å². The molecule has 0 radical (unpaired) electrons. The minimum absolute atomic E-state index is 0.336. The number of anilines is 1. The van der Waals surface area contributed by atoms with Gasteiger partial charge in [-0.2, -0.15) is 4.98 Å². The molecule has 0 amide bonds. The molecule has 2 fully saturated rings. The van der Waals surface area contributed by atoms with Gasteiger partial charge in [0.1, 0.15) is 6.10 Å². The van der Waals surface area contributed by atoms with Crippen molar-refractivity contribution in [2.45, 2.75) is 38.2 Å². The topological polar surface area (TPSA) is 57.4 Å². The fourth-order valence-electron chi connectivity index (χ4n) is 1.76. The molecule has 3 rings (SSSR count). The molecule has 0 spiro atoms. The van der Waals surface area contributed by atoms with Crippen LogP contribution in [0.15, 0.2) is 12.1 Å². The maximum atomic E-state index is 5.83. The van der Waals surface area contributed by atoms with Crippen molar-refractivity contribution in [3.63, 3.8) is 0 Å². The van der Waals surface area contributed by atoms with E-state index in [1.165, 1.54) is 19.3 Å². The van der Waals surface area contributed by atoms with Crippen LogP contribution in [0.4, 0.5) is 5.69 Å². The predicted octanol–water partition coefficient (Wildman–Crippen LogP) is 2.38. The van der Waals surface area contributed by atoms with Crippen LogP contribution in [0.1, 0.15) is 32.1 Å². The third kappa shape index (κ3) is 2.62. The Balaban J connectivity index is 1.64. The number of aromatic nitrogens is 1. The fraction of sp³-hybridized carbons (Fsp3) is 0.615. The van der Waals surface area contributed by atoms with Crippen molar-refractivity contribution in [1.29, 1.82) is 0 Å². The standard InChI is InChI=1S/C13H18N2O2/c14-11-6-7-12(17-10-2-1-3-10)15-13(11)16-8-9-4-5-9/h6-7,9-10H,1-5,8,14H2. The summed E-state index contributed by atoms with van der Waals surface area (Å²) in [7, 11) is 0. The summed E-state index contributed by atoms with van der Waals surface area (Å²) >= 11 is 0. The van der Waals surface area contributed by atoms with E-state index in [1.54, 1.807) is 0 Å². The summed E-state index contributed by atoms with van der Waals surface area (Å²) in [6, 6.07) is 3.63. The highest BCUT2D eigenvalue weighted by Crippen LogP contribution is 2.31. The van der Waals surface area contributed by atoms with E-state index < -0.39 is 0 Å². The highest BCUT2D eigenvalue weighted by atomic mass is 16.5. The van der Waals surface area contributed by atoms with Crippen LogP contribution in [0, 0.1) is 5.92 Å². The number of hydrogen-bond acceptors (Lipinski definition) is 4. The number of nitrogens with zero attached hydrogens (tertiary/aromatic N) is 1. The summed E-state index contributed by atoms with van der Waals surface area (Å²) < 4.78 is 11.3. The van der Waals surface area contributed by atoms with E-state index in [4.69, 9.17) is 15.2 Å². The summed E-state index contributed by atoms with van der Waals surface area (Å²) in [4.78, 5) is 4.32. The van der Waals surface area contributed by atoms with Crippen LogP contribution < -0.4 is 15.2 Å². The average molecular weight is 234 g/mol. The van der Waals surface area contributed by atoms with E-state index in [0.29, 0.717) is 29.5 Å². The number of ether oxygens (including phenoxy) is 2. The Labute approximate surface area is 101 Å². The Bertz CT molecular complexity index is 400. The molecule has 17 heavy (non-hydrogen) atoms. The molecular formula is C13H18N2O2. The Morgan fingerprint density at radius 1 is 1.24 bits per heavy atom. The summed E-state index contributed by atoms with van der Waals surface area (Å²) in [6.07, 6.45) is 6.37. The third-order valence-electron chi connectivity index (χ3n) is 3.36. The van der Waals surface area contributed by atoms with E-state index in [2.05, 4.69) is 4.98 Å². The molecule has 4 nitrogen and oxygen atoms in total. The number of nitrogens with two attached hydrogens (primary N) is 1. The summed E-state index contributed by atoms with van der Waals surface area (Å²) in [5.41, 5.74) is 6.42. The molecule has 0 atom stereocenters. The second-order valence-electron chi connectivity index (χ2n) is 4.97. The van der Waals surface area contributed by atoms with Gasteiger partial charge in [0.25, 0.3) is 0 Å². The van der Waals surface area contributed by atoms with E-state index in [0.717, 1.165) is 19.4 Å². The molecular weight excluding hydrogens is 216 g/mol. The van der Waals surface area contributed by atoms with E-state index >= 15 is 0 Å². The first-order valence-electron chi connectivity index (χ1n) is 6.37. The normalized spacial score (nSPS) is 19.8. The molecule has 4 heteroatoms. The van der Waals surface area contributed by atoms with Gasteiger partial charge in [0.05, 0.1) is 12.3 Å². The lowest BCUT2D eigenvalue weighted by atomic mass is 9.96. The number of hydrogen-bond donors (Lipinski definition) is 1. The zero-order valence-corrected chi connectivity index (χ0v) is 9.89. The molecule has 0 aliphatic heterocycles. The summed E-state index contributed by atoms with van der Waals surface area (Å²) in [6.45, 7) is 0.726. The van der Waals surface area contributed by atoms with Gasteiger partial charge in [-0.3, -0.25) is 0 Å². The quantitative estimate of drug-likeness (QED) is 0.849. The minimum atomic E-state index is 0.336. The van der Waals surface area contributed by atoms with Gasteiger partial charge in [-0.15, -0.1) is 0 Å². The zero-order valence-electron chi connectivity index (χ0n) is 9.89. The van der Waals surface area contributed by atoms with Crippen LogP contribution in [0.2, 0.25) is 0 Å². The van der Waals surface area contributed by atoms with Gasteiger partial charge >= 0.3 is 0 Å². The van der Waals surface area contributed by atoms with Crippen LogP contribution in [-0.2, 0) is 0 Å². The summed E-state index contributed by atoms with van der Waals surface area (Å²) in [5, 5.41) is 0. The van der Waals surface area contributed by atoms with E-state index in [-0.39, 0.29) is 0 Å². The SMILES string of the molecule is Nc1ccc(OC2CCC2)nc1OCC1CC1. The van der Waals surface area contributed by atoms with Gasteiger partial charge in [0, 0.05) is 6.07 Å². The smallest absolute Gasteiger partial charge is 0.240 e. The maximum Gasteiger partial charge on any atom is 0.240 e. The first kappa shape index (κ1) is 10.7. The molecule has 1 heterocycles. The lowest BCUT2D eigenvalue weighted by Crippen LogP contribution is -2.25. The lowest BCUT2D eigenvalue weighted by Gasteiger charge is -2.25. The molecule has 92 valence electrons. The van der Waals surface area contributed by atoms with Crippen LogP contribution in [0.3, 0.4) is 0 Å². The van der Waals surface area contributed by atoms with Crippen molar-refractivity contribution in [2.24, 2.45) is 5.92 Å².